The zero-order valence-electron chi connectivity index (χ0n) is 12.1. The summed E-state index contributed by atoms with van der Waals surface area (Å²) >= 11 is 0. The second-order valence-corrected chi connectivity index (χ2v) is 6.63. The smallest absolute Gasteiger partial charge is 0.251 e. The van der Waals surface area contributed by atoms with Crippen molar-refractivity contribution in [2.45, 2.75) is 11.8 Å². The molecule has 0 aliphatic heterocycles. The van der Waals surface area contributed by atoms with Crippen molar-refractivity contribution in [3.8, 4) is 11.3 Å². The molecule has 22 heavy (non-hydrogen) atoms. The fraction of sp³-hybridized carbons (Fsp3) is 0.0588. The summed E-state index contributed by atoms with van der Waals surface area (Å²) in [4.78, 5) is 2.88. The van der Waals surface area contributed by atoms with Gasteiger partial charge in [-0.1, -0.05) is 48.5 Å². The molecule has 0 aliphatic carbocycles. The van der Waals surface area contributed by atoms with E-state index in [-0.39, 0.29) is 4.90 Å². The van der Waals surface area contributed by atoms with Crippen molar-refractivity contribution in [1.29, 1.82) is 0 Å². The van der Waals surface area contributed by atoms with Crippen LogP contribution in [0, 0.1) is 6.92 Å². The fourth-order valence-electron chi connectivity index (χ4n) is 2.27. The fourth-order valence-corrected chi connectivity index (χ4v) is 3.37. The van der Waals surface area contributed by atoms with E-state index < -0.39 is 10.0 Å². The summed E-state index contributed by atoms with van der Waals surface area (Å²) in [5.41, 5.74) is 2.57. The van der Waals surface area contributed by atoms with E-state index in [1.165, 1.54) is 0 Å². The summed E-state index contributed by atoms with van der Waals surface area (Å²) < 4.78 is 26.6. The summed E-state index contributed by atoms with van der Waals surface area (Å²) in [6, 6.07) is 21.8. The first-order chi connectivity index (χ1) is 10.6. The third-order valence-corrected chi connectivity index (χ3v) is 4.73. The quantitative estimate of drug-likeness (QED) is 0.803. The van der Waals surface area contributed by atoms with Gasteiger partial charge in [0, 0.05) is 11.3 Å². The van der Waals surface area contributed by atoms with E-state index in [0.29, 0.717) is 0 Å². The van der Waals surface area contributed by atoms with Crippen molar-refractivity contribution >= 4 is 10.0 Å². The minimum atomic E-state index is -3.62. The molecule has 5 heteroatoms. The molecule has 0 atom stereocenters. The molecule has 0 bridgehead atoms. The van der Waals surface area contributed by atoms with Crippen LogP contribution in [0.3, 0.4) is 0 Å². The van der Waals surface area contributed by atoms with E-state index in [9.17, 15) is 8.42 Å². The van der Waals surface area contributed by atoms with Gasteiger partial charge in [0.2, 0.25) is 0 Å². The second-order valence-electron chi connectivity index (χ2n) is 4.97. The SMILES string of the molecule is Cc1ccc(-c2ccccc2)n1NS(=O)(=O)c1ccccc1. The molecule has 0 fully saturated rings. The molecule has 0 radical (unpaired) electrons. The normalized spacial score (nSPS) is 11.3. The van der Waals surface area contributed by atoms with Gasteiger partial charge in [0.25, 0.3) is 10.0 Å². The Bertz CT molecular complexity index is 870. The molecule has 3 rings (SSSR count). The Labute approximate surface area is 130 Å². The third kappa shape index (κ3) is 2.76. The minimum Gasteiger partial charge on any atom is -0.251 e. The average Bonchev–Trinajstić information content (AvgIpc) is 2.90. The number of nitrogens with one attached hydrogen (secondary N) is 1. The number of hydrogen-bond donors (Lipinski definition) is 1. The first-order valence-electron chi connectivity index (χ1n) is 6.89. The molecule has 0 saturated heterocycles. The molecular weight excluding hydrogens is 296 g/mol. The Morgan fingerprint density at radius 1 is 0.818 bits per heavy atom. The summed E-state index contributed by atoms with van der Waals surface area (Å²) in [5, 5.41) is 0. The van der Waals surface area contributed by atoms with E-state index >= 15 is 0 Å². The van der Waals surface area contributed by atoms with Crippen LogP contribution in [0.5, 0.6) is 0 Å². The van der Waals surface area contributed by atoms with Gasteiger partial charge in [-0.2, -0.15) is 8.42 Å². The molecular formula is C17H16N2O2S. The van der Waals surface area contributed by atoms with Crippen LogP contribution < -0.4 is 4.83 Å². The molecule has 0 saturated carbocycles. The minimum absolute atomic E-state index is 0.238. The van der Waals surface area contributed by atoms with E-state index in [1.807, 2.05) is 49.4 Å². The predicted octanol–water partition coefficient (Wildman–Crippen LogP) is 3.40. The van der Waals surface area contributed by atoms with E-state index in [2.05, 4.69) is 4.83 Å². The van der Waals surface area contributed by atoms with Crippen LogP contribution in [-0.2, 0) is 10.0 Å². The zero-order valence-corrected chi connectivity index (χ0v) is 12.9. The highest BCUT2D eigenvalue weighted by Gasteiger charge is 2.16. The Hall–Kier alpha value is -2.53. The topological polar surface area (TPSA) is 51.1 Å². The molecule has 0 amide bonds. The van der Waals surface area contributed by atoms with Crippen molar-refractivity contribution in [1.82, 2.24) is 4.68 Å². The molecule has 4 nitrogen and oxygen atoms in total. The summed E-state index contributed by atoms with van der Waals surface area (Å²) in [5.74, 6) is 0. The van der Waals surface area contributed by atoms with Crippen molar-refractivity contribution < 1.29 is 8.42 Å². The van der Waals surface area contributed by atoms with Gasteiger partial charge < -0.3 is 0 Å². The maximum atomic E-state index is 12.5. The highest BCUT2D eigenvalue weighted by Crippen LogP contribution is 2.22. The van der Waals surface area contributed by atoms with Crippen molar-refractivity contribution in [2.24, 2.45) is 0 Å². The number of aryl methyl sites for hydroxylation is 1. The lowest BCUT2D eigenvalue weighted by atomic mass is 10.2. The Balaban J connectivity index is 2.02. The average molecular weight is 312 g/mol. The zero-order chi connectivity index (χ0) is 15.6. The summed E-state index contributed by atoms with van der Waals surface area (Å²) in [7, 11) is -3.62. The van der Waals surface area contributed by atoms with Crippen LogP contribution in [0.25, 0.3) is 11.3 Å². The van der Waals surface area contributed by atoms with Crippen molar-refractivity contribution in [3.63, 3.8) is 0 Å². The molecule has 3 aromatic rings. The lowest BCUT2D eigenvalue weighted by Crippen LogP contribution is -2.24. The summed E-state index contributed by atoms with van der Waals surface area (Å²) in [6.07, 6.45) is 0. The lowest BCUT2D eigenvalue weighted by Gasteiger charge is -2.15. The van der Waals surface area contributed by atoms with Crippen molar-refractivity contribution in [2.75, 3.05) is 4.83 Å². The van der Waals surface area contributed by atoms with Crippen LogP contribution in [0.15, 0.2) is 77.7 Å². The van der Waals surface area contributed by atoms with Crippen LogP contribution >= 0.6 is 0 Å². The number of sulfonamides is 1. The number of nitrogens with zero attached hydrogens (tertiary/aromatic N) is 1. The van der Waals surface area contributed by atoms with Gasteiger partial charge >= 0.3 is 0 Å². The largest absolute Gasteiger partial charge is 0.275 e. The molecule has 0 unspecified atom stereocenters. The Morgan fingerprint density at radius 2 is 1.41 bits per heavy atom. The van der Waals surface area contributed by atoms with Crippen LogP contribution in [-0.4, -0.2) is 13.1 Å². The molecule has 1 heterocycles. The molecule has 112 valence electrons. The van der Waals surface area contributed by atoms with Crippen LogP contribution in [0.2, 0.25) is 0 Å². The second kappa shape index (κ2) is 5.69. The maximum absolute atomic E-state index is 12.5. The Morgan fingerprint density at radius 3 is 2.05 bits per heavy atom. The first-order valence-corrected chi connectivity index (χ1v) is 8.38. The van der Waals surface area contributed by atoms with Gasteiger partial charge in [0.15, 0.2) is 0 Å². The molecule has 0 spiro atoms. The lowest BCUT2D eigenvalue weighted by molar-refractivity contribution is 0.595. The number of rotatable bonds is 4. The van der Waals surface area contributed by atoms with Gasteiger partial charge in [0.05, 0.1) is 10.6 Å². The van der Waals surface area contributed by atoms with Crippen molar-refractivity contribution in [3.05, 3.63) is 78.5 Å². The highest BCUT2D eigenvalue weighted by atomic mass is 32.2. The molecule has 2 aromatic carbocycles. The van der Waals surface area contributed by atoms with Gasteiger partial charge in [-0.25, -0.2) is 4.83 Å². The molecule has 0 aliphatic rings. The number of hydrogen-bond acceptors (Lipinski definition) is 2. The number of aromatic nitrogens is 1. The predicted molar refractivity (Wildman–Crippen MR) is 87.6 cm³/mol. The van der Waals surface area contributed by atoms with E-state index in [1.54, 1.807) is 35.0 Å². The van der Waals surface area contributed by atoms with E-state index in [0.717, 1.165) is 17.0 Å². The monoisotopic (exact) mass is 312 g/mol. The van der Waals surface area contributed by atoms with E-state index in [4.69, 9.17) is 0 Å². The van der Waals surface area contributed by atoms with Gasteiger partial charge in [-0.3, -0.25) is 4.68 Å². The molecule has 1 N–H and O–H groups in total. The summed E-state index contributed by atoms with van der Waals surface area (Å²) in [6.45, 7) is 1.86. The van der Waals surface area contributed by atoms with Gasteiger partial charge in [-0.15, -0.1) is 0 Å². The standard InChI is InChI=1S/C17H16N2O2S/c1-14-12-13-17(15-8-4-2-5-9-15)19(14)18-22(20,21)16-10-6-3-7-11-16/h2-13,18H,1H3. The van der Waals surface area contributed by atoms with Gasteiger partial charge in [0.1, 0.15) is 0 Å². The van der Waals surface area contributed by atoms with Gasteiger partial charge in [-0.05, 0) is 31.2 Å². The maximum Gasteiger partial charge on any atom is 0.275 e. The Kier molecular flexibility index (Phi) is 3.73. The molecule has 1 aromatic heterocycles. The first kappa shape index (κ1) is 14.4. The van der Waals surface area contributed by atoms with Crippen LogP contribution in [0.4, 0.5) is 0 Å². The van der Waals surface area contributed by atoms with Crippen LogP contribution in [0.1, 0.15) is 5.69 Å². The third-order valence-electron chi connectivity index (χ3n) is 3.41. The highest BCUT2D eigenvalue weighted by molar-refractivity contribution is 7.92. The number of benzene rings is 2.